The quantitative estimate of drug-likeness (QED) is 0.358. The average molecular weight is 203 g/mol. The molecule has 0 aromatic heterocycles. The van der Waals surface area contributed by atoms with Crippen LogP contribution in [0.4, 0.5) is 0 Å². The number of nitrogens with zero attached hydrogens (tertiary/aromatic N) is 4. The summed E-state index contributed by atoms with van der Waals surface area (Å²) in [6.07, 6.45) is 3.48. The Morgan fingerprint density at radius 3 is 2.90 bits per heavy atom. The van der Waals surface area contributed by atoms with Crippen LogP contribution in [0.25, 0.3) is 0 Å². The van der Waals surface area contributed by atoms with E-state index in [0.29, 0.717) is 0 Å². The normalized spacial score (nSPS) is 23.5. The highest BCUT2D eigenvalue weighted by molar-refractivity contribution is 9.09. The number of rotatable bonds is 1. The highest BCUT2D eigenvalue weighted by Gasteiger charge is 2.22. The van der Waals surface area contributed by atoms with Gasteiger partial charge in [-0.1, -0.05) is 0 Å². The van der Waals surface area contributed by atoms with Gasteiger partial charge in [-0.15, -0.1) is 0 Å². The van der Waals surface area contributed by atoms with Crippen LogP contribution in [-0.2, 0) is 0 Å². The minimum Gasteiger partial charge on any atom is -0.262 e. The molecule has 5 heteroatoms. The summed E-state index contributed by atoms with van der Waals surface area (Å²) >= 11 is 3.30. The van der Waals surface area contributed by atoms with E-state index in [1.165, 1.54) is 11.2 Å². The molecule has 0 saturated heterocycles. The van der Waals surface area contributed by atoms with Crippen LogP contribution < -0.4 is 0 Å². The largest absolute Gasteiger partial charge is 0.262 e. The van der Waals surface area contributed by atoms with Crippen LogP contribution in [0.1, 0.15) is 6.92 Å². The van der Waals surface area contributed by atoms with Crippen molar-refractivity contribution < 1.29 is 0 Å². The first-order valence-electron chi connectivity index (χ1n) is 2.92. The van der Waals surface area contributed by atoms with Crippen LogP contribution >= 0.6 is 15.9 Å². The molecule has 4 nitrogen and oxygen atoms in total. The molecule has 0 fully saturated rings. The van der Waals surface area contributed by atoms with Gasteiger partial charge < -0.3 is 0 Å². The molecule has 0 N–H and O–H groups in total. The molecule has 0 spiro atoms. The van der Waals surface area contributed by atoms with Crippen molar-refractivity contribution in [1.82, 2.24) is 9.91 Å². The van der Waals surface area contributed by atoms with E-state index in [2.05, 4.69) is 21.0 Å². The van der Waals surface area contributed by atoms with Crippen LogP contribution in [0.15, 0.2) is 5.10 Å². The van der Waals surface area contributed by atoms with E-state index in [4.69, 9.17) is 5.26 Å². The lowest BCUT2D eigenvalue weighted by atomic mass is 10.7. The van der Waals surface area contributed by atoms with Gasteiger partial charge in [0.2, 0.25) is 0 Å². The first-order valence-corrected chi connectivity index (χ1v) is 3.84. The van der Waals surface area contributed by atoms with Crippen molar-refractivity contribution in [3.63, 3.8) is 0 Å². The van der Waals surface area contributed by atoms with Gasteiger partial charge in [-0.05, 0) is 22.9 Å². The molecule has 1 aliphatic rings. The third-order valence-electron chi connectivity index (χ3n) is 1.24. The van der Waals surface area contributed by atoms with E-state index < -0.39 is 0 Å². The molecule has 10 heavy (non-hydrogen) atoms. The summed E-state index contributed by atoms with van der Waals surface area (Å²) in [6.45, 7) is 2.77. The van der Waals surface area contributed by atoms with E-state index in [9.17, 15) is 0 Å². The van der Waals surface area contributed by atoms with Gasteiger partial charge in [0, 0.05) is 6.54 Å². The molecule has 0 aromatic carbocycles. The Hall–Kier alpha value is -0.760. The molecule has 0 saturated carbocycles. The monoisotopic (exact) mass is 202 g/mol. The third kappa shape index (κ3) is 1.07. The van der Waals surface area contributed by atoms with Crippen LogP contribution in [0.5, 0.6) is 0 Å². The second-order valence-corrected chi connectivity index (χ2v) is 2.62. The summed E-state index contributed by atoms with van der Waals surface area (Å²) in [4.78, 5) is 1.43. The lowest BCUT2D eigenvalue weighted by Gasteiger charge is -2.18. The van der Waals surface area contributed by atoms with Crippen molar-refractivity contribution in [1.29, 1.82) is 5.26 Å². The zero-order valence-corrected chi connectivity index (χ0v) is 7.11. The Morgan fingerprint density at radius 1 is 1.90 bits per heavy atom. The van der Waals surface area contributed by atoms with Crippen molar-refractivity contribution in [3.8, 4) is 6.19 Å². The van der Waals surface area contributed by atoms with Crippen LogP contribution in [0.2, 0.25) is 0 Å². The summed E-state index contributed by atoms with van der Waals surface area (Å²) in [5, 5.41) is 14.1. The smallest absolute Gasteiger partial charge is 0.188 e. The SMILES string of the molecule is CCN1N=CN(C#N)C1Br. The van der Waals surface area contributed by atoms with E-state index >= 15 is 0 Å². The van der Waals surface area contributed by atoms with Crippen LogP contribution in [0, 0.1) is 11.5 Å². The molecule has 0 aromatic rings. The van der Waals surface area contributed by atoms with Crippen molar-refractivity contribution in [2.75, 3.05) is 6.54 Å². The highest BCUT2D eigenvalue weighted by Crippen LogP contribution is 2.15. The van der Waals surface area contributed by atoms with Gasteiger partial charge in [0.15, 0.2) is 11.3 Å². The molecule has 54 valence electrons. The number of nitriles is 1. The van der Waals surface area contributed by atoms with Gasteiger partial charge in [0.1, 0.15) is 6.34 Å². The summed E-state index contributed by atoms with van der Waals surface area (Å²) < 4.78 is 0. The Morgan fingerprint density at radius 2 is 2.60 bits per heavy atom. The second-order valence-electron chi connectivity index (χ2n) is 1.80. The maximum absolute atomic E-state index is 8.48. The van der Waals surface area contributed by atoms with Gasteiger partial charge in [0.25, 0.3) is 0 Å². The van der Waals surface area contributed by atoms with Gasteiger partial charge >= 0.3 is 0 Å². The Labute approximate surface area is 67.8 Å². The Kier molecular flexibility index (Phi) is 2.12. The molecule has 1 aliphatic heterocycles. The van der Waals surface area contributed by atoms with Gasteiger partial charge in [-0.25, -0.2) is 4.90 Å². The van der Waals surface area contributed by atoms with Crippen molar-refractivity contribution >= 4 is 22.3 Å². The minimum atomic E-state index is -0.0949. The van der Waals surface area contributed by atoms with Crippen LogP contribution in [-0.4, -0.2) is 27.9 Å². The number of hydrogen-bond donors (Lipinski definition) is 0. The molecule has 0 radical (unpaired) electrons. The lowest BCUT2D eigenvalue weighted by Crippen LogP contribution is -2.31. The maximum Gasteiger partial charge on any atom is 0.188 e. The predicted molar refractivity (Wildman–Crippen MR) is 41.0 cm³/mol. The number of hydrazone groups is 1. The first kappa shape index (κ1) is 7.35. The molecular formula is C5H7BrN4. The third-order valence-corrected chi connectivity index (χ3v) is 2.15. The molecule has 1 unspecified atom stereocenters. The van der Waals surface area contributed by atoms with E-state index in [0.717, 1.165) is 6.54 Å². The standard InChI is InChI=1S/C5H7BrN4/c1-2-10-5(6)9(3-7)4-8-10/h4-5H,2H2,1H3. The Bertz CT molecular complexity index is 185. The zero-order valence-electron chi connectivity index (χ0n) is 5.53. The molecule has 1 heterocycles. The molecular weight excluding hydrogens is 196 g/mol. The fraction of sp³-hybridized carbons (Fsp3) is 0.600. The Balaban J connectivity index is 2.60. The highest BCUT2D eigenvalue weighted by atomic mass is 79.9. The van der Waals surface area contributed by atoms with Gasteiger partial charge in [0.05, 0.1) is 0 Å². The van der Waals surface area contributed by atoms with Gasteiger partial charge in [-0.3, -0.25) is 5.01 Å². The summed E-state index contributed by atoms with van der Waals surface area (Å²) in [6, 6.07) is 0. The van der Waals surface area contributed by atoms with Crippen LogP contribution in [0.3, 0.4) is 0 Å². The lowest BCUT2D eigenvalue weighted by molar-refractivity contribution is 0.255. The number of hydrogen-bond acceptors (Lipinski definition) is 4. The van der Waals surface area contributed by atoms with Crippen molar-refractivity contribution in [2.24, 2.45) is 5.10 Å². The average Bonchev–Trinajstić information content (AvgIpc) is 2.30. The topological polar surface area (TPSA) is 42.6 Å². The van der Waals surface area contributed by atoms with Gasteiger partial charge in [-0.2, -0.15) is 10.4 Å². The van der Waals surface area contributed by atoms with E-state index in [-0.39, 0.29) is 5.08 Å². The summed E-state index contributed by atoms with van der Waals surface area (Å²) in [7, 11) is 0. The van der Waals surface area contributed by atoms with Crippen molar-refractivity contribution in [3.05, 3.63) is 0 Å². The number of halogens is 1. The minimum absolute atomic E-state index is 0.0949. The molecule has 0 bridgehead atoms. The molecule has 0 aliphatic carbocycles. The summed E-state index contributed by atoms with van der Waals surface area (Å²) in [5.74, 6) is 0. The van der Waals surface area contributed by atoms with Crippen molar-refractivity contribution in [2.45, 2.75) is 12.0 Å². The molecule has 1 atom stereocenters. The fourth-order valence-electron chi connectivity index (χ4n) is 0.681. The van der Waals surface area contributed by atoms with E-state index in [1.807, 2.05) is 13.1 Å². The molecule has 0 amide bonds. The number of alkyl halides is 1. The second kappa shape index (κ2) is 2.88. The molecule has 1 rings (SSSR count). The van der Waals surface area contributed by atoms with E-state index in [1.54, 1.807) is 5.01 Å². The maximum atomic E-state index is 8.48. The first-order chi connectivity index (χ1) is 4.79. The fourth-order valence-corrected chi connectivity index (χ4v) is 1.27. The predicted octanol–water partition coefficient (Wildman–Crippen LogP) is 0.727. The zero-order chi connectivity index (χ0) is 7.56. The summed E-state index contributed by atoms with van der Waals surface area (Å²) in [5.41, 5.74) is 0.